The largest absolute Gasteiger partial charge is 0.502 e. The molecule has 0 saturated heterocycles. The van der Waals surface area contributed by atoms with Crippen LogP contribution in [0.3, 0.4) is 0 Å². The smallest absolute Gasteiger partial charge is 0.323 e. The van der Waals surface area contributed by atoms with E-state index in [0.29, 0.717) is 5.69 Å². The summed E-state index contributed by atoms with van der Waals surface area (Å²) in [7, 11) is 0. The number of phenolic OH excluding ortho intramolecular Hbond substituents is 1. The third-order valence-electron chi connectivity index (χ3n) is 2.47. The van der Waals surface area contributed by atoms with Gasteiger partial charge in [-0.3, -0.25) is 14.9 Å². The van der Waals surface area contributed by atoms with Gasteiger partial charge in [0.2, 0.25) is 0 Å². The quantitative estimate of drug-likeness (QED) is 0.653. The van der Waals surface area contributed by atoms with Crippen molar-refractivity contribution in [3.63, 3.8) is 0 Å². The topological polar surface area (TPSA) is 92.5 Å². The van der Waals surface area contributed by atoms with E-state index in [4.69, 9.17) is 0 Å². The molecule has 2 aromatic rings. The van der Waals surface area contributed by atoms with E-state index in [0.717, 1.165) is 6.07 Å². The van der Waals surface area contributed by atoms with Crippen LogP contribution in [0, 0.1) is 10.1 Å². The lowest BCUT2D eigenvalue weighted by atomic mass is 10.1. The summed E-state index contributed by atoms with van der Waals surface area (Å²) in [5, 5.41) is 22.8. The normalized spacial score (nSPS) is 9.89. The van der Waals surface area contributed by atoms with Gasteiger partial charge in [0.15, 0.2) is 5.75 Å². The number of nitro benzene ring substituents is 1. The van der Waals surface area contributed by atoms with Crippen molar-refractivity contribution in [3.8, 4) is 5.75 Å². The van der Waals surface area contributed by atoms with Gasteiger partial charge in [-0.2, -0.15) is 0 Å². The number of para-hydroxylation sites is 2. The maximum Gasteiger partial charge on any atom is 0.323 e. The first-order chi connectivity index (χ1) is 9.09. The molecule has 2 aromatic carbocycles. The number of amides is 1. The van der Waals surface area contributed by atoms with Gasteiger partial charge in [0.25, 0.3) is 5.91 Å². The van der Waals surface area contributed by atoms with Crippen LogP contribution in [0.2, 0.25) is 0 Å². The van der Waals surface area contributed by atoms with Gasteiger partial charge in [0.05, 0.1) is 4.92 Å². The molecule has 0 spiro atoms. The molecule has 19 heavy (non-hydrogen) atoms. The van der Waals surface area contributed by atoms with Gasteiger partial charge in [-0.25, -0.2) is 0 Å². The molecular formula is C13H10N2O4. The Hall–Kier alpha value is -2.89. The molecule has 96 valence electrons. The van der Waals surface area contributed by atoms with Gasteiger partial charge in [-0.1, -0.05) is 24.3 Å². The first-order valence-corrected chi connectivity index (χ1v) is 5.42. The van der Waals surface area contributed by atoms with Gasteiger partial charge in [-0.15, -0.1) is 0 Å². The molecule has 0 heterocycles. The van der Waals surface area contributed by atoms with Gasteiger partial charge in [0.1, 0.15) is 5.56 Å². The van der Waals surface area contributed by atoms with Crippen molar-refractivity contribution in [1.29, 1.82) is 0 Å². The molecule has 0 aliphatic heterocycles. The van der Waals surface area contributed by atoms with Crippen molar-refractivity contribution >= 4 is 17.3 Å². The summed E-state index contributed by atoms with van der Waals surface area (Å²) in [5.41, 5.74) is -0.269. The van der Waals surface area contributed by atoms with Crippen molar-refractivity contribution in [2.24, 2.45) is 0 Å². The van der Waals surface area contributed by atoms with Crippen LogP contribution in [-0.2, 0) is 0 Å². The van der Waals surface area contributed by atoms with Crippen molar-refractivity contribution < 1.29 is 14.8 Å². The number of hydrogen-bond acceptors (Lipinski definition) is 4. The minimum atomic E-state index is -0.782. The molecule has 0 aromatic heterocycles. The molecule has 2 rings (SSSR count). The fraction of sp³-hybridized carbons (Fsp3) is 0. The second-order valence-corrected chi connectivity index (χ2v) is 3.75. The number of phenols is 1. The van der Waals surface area contributed by atoms with Crippen molar-refractivity contribution in [1.82, 2.24) is 0 Å². The zero-order valence-electron chi connectivity index (χ0n) is 9.74. The Kier molecular flexibility index (Phi) is 3.42. The van der Waals surface area contributed by atoms with Crippen LogP contribution >= 0.6 is 0 Å². The minimum Gasteiger partial charge on any atom is -0.502 e. The lowest BCUT2D eigenvalue weighted by molar-refractivity contribution is -0.386. The summed E-state index contributed by atoms with van der Waals surface area (Å²) >= 11 is 0. The van der Waals surface area contributed by atoms with Crippen LogP contribution in [0.4, 0.5) is 11.4 Å². The van der Waals surface area contributed by atoms with E-state index in [9.17, 15) is 20.0 Å². The first-order valence-electron chi connectivity index (χ1n) is 5.42. The summed E-state index contributed by atoms with van der Waals surface area (Å²) in [5.74, 6) is -1.18. The first kappa shape index (κ1) is 12.6. The number of nitrogens with zero attached hydrogens (tertiary/aromatic N) is 1. The Morgan fingerprint density at radius 1 is 1.11 bits per heavy atom. The molecule has 0 aliphatic rings. The van der Waals surface area contributed by atoms with E-state index in [2.05, 4.69) is 5.32 Å². The fourth-order valence-corrected chi connectivity index (χ4v) is 1.63. The predicted molar refractivity (Wildman–Crippen MR) is 69.2 cm³/mol. The lowest BCUT2D eigenvalue weighted by Gasteiger charge is -2.06. The van der Waals surface area contributed by atoms with Gasteiger partial charge < -0.3 is 10.4 Å². The maximum atomic E-state index is 12.0. The average Bonchev–Trinajstić information content (AvgIpc) is 2.39. The van der Waals surface area contributed by atoms with Crippen LogP contribution in [0.25, 0.3) is 0 Å². The van der Waals surface area contributed by atoms with E-state index >= 15 is 0 Å². The zero-order valence-corrected chi connectivity index (χ0v) is 9.74. The zero-order chi connectivity index (χ0) is 13.8. The molecule has 0 unspecified atom stereocenters. The van der Waals surface area contributed by atoms with Gasteiger partial charge in [0, 0.05) is 5.69 Å². The van der Waals surface area contributed by atoms with E-state index in [1.807, 2.05) is 0 Å². The van der Waals surface area contributed by atoms with E-state index in [1.54, 1.807) is 30.3 Å². The maximum absolute atomic E-state index is 12.0. The van der Waals surface area contributed by atoms with E-state index in [-0.39, 0.29) is 5.56 Å². The molecule has 6 heteroatoms. The highest BCUT2D eigenvalue weighted by atomic mass is 16.6. The molecule has 0 atom stereocenters. The van der Waals surface area contributed by atoms with E-state index < -0.39 is 22.3 Å². The third kappa shape index (κ3) is 2.68. The number of anilines is 1. The highest BCUT2D eigenvalue weighted by Gasteiger charge is 2.24. The predicted octanol–water partition coefficient (Wildman–Crippen LogP) is 2.55. The van der Waals surface area contributed by atoms with Crippen molar-refractivity contribution in [2.75, 3.05) is 5.32 Å². The molecule has 0 radical (unpaired) electrons. The number of hydrogen-bond donors (Lipinski definition) is 2. The molecule has 0 fully saturated rings. The Labute approximate surface area is 108 Å². The summed E-state index contributed by atoms with van der Waals surface area (Å²) in [4.78, 5) is 22.0. The Balaban J connectivity index is 2.35. The second-order valence-electron chi connectivity index (χ2n) is 3.75. The molecule has 0 saturated carbocycles. The van der Waals surface area contributed by atoms with Gasteiger partial charge in [-0.05, 0) is 24.3 Å². The molecule has 1 amide bonds. The molecule has 0 bridgehead atoms. The number of nitrogens with one attached hydrogen (secondary N) is 1. The molecule has 2 N–H and O–H groups in total. The minimum absolute atomic E-state index is 0.186. The monoisotopic (exact) mass is 258 g/mol. The van der Waals surface area contributed by atoms with Crippen molar-refractivity contribution in [3.05, 3.63) is 64.2 Å². The fourth-order valence-electron chi connectivity index (χ4n) is 1.63. The highest BCUT2D eigenvalue weighted by Crippen LogP contribution is 2.29. The van der Waals surface area contributed by atoms with Crippen LogP contribution in [0.1, 0.15) is 10.4 Å². The SMILES string of the molecule is O=C(Nc1ccccc1)c1cccc(O)c1[N+](=O)[O-]. The standard InChI is InChI=1S/C13H10N2O4/c16-11-8-4-7-10(12(11)15(18)19)13(17)14-9-5-2-1-3-6-9/h1-8,16H,(H,14,17). The molecular weight excluding hydrogens is 248 g/mol. The highest BCUT2D eigenvalue weighted by molar-refractivity contribution is 6.07. The number of benzene rings is 2. The number of rotatable bonds is 3. The Morgan fingerprint density at radius 2 is 1.79 bits per heavy atom. The Morgan fingerprint density at radius 3 is 2.42 bits per heavy atom. The number of aromatic hydroxyl groups is 1. The number of carbonyl (C=O) groups is 1. The number of carbonyl (C=O) groups excluding carboxylic acids is 1. The van der Waals surface area contributed by atoms with Gasteiger partial charge >= 0.3 is 5.69 Å². The van der Waals surface area contributed by atoms with Crippen molar-refractivity contribution in [2.45, 2.75) is 0 Å². The van der Waals surface area contributed by atoms with Crippen LogP contribution in [-0.4, -0.2) is 15.9 Å². The summed E-state index contributed by atoms with van der Waals surface area (Å²) in [6.07, 6.45) is 0. The lowest BCUT2D eigenvalue weighted by Crippen LogP contribution is -2.13. The van der Waals surface area contributed by atoms with Crippen LogP contribution in [0.15, 0.2) is 48.5 Å². The molecule has 0 aliphatic carbocycles. The Bertz CT molecular complexity index is 626. The van der Waals surface area contributed by atoms with Crippen LogP contribution < -0.4 is 5.32 Å². The summed E-state index contributed by atoms with van der Waals surface area (Å²) < 4.78 is 0. The third-order valence-corrected chi connectivity index (χ3v) is 2.47. The number of nitro groups is 1. The van der Waals surface area contributed by atoms with E-state index in [1.165, 1.54) is 12.1 Å². The summed E-state index contributed by atoms with van der Waals surface area (Å²) in [6.45, 7) is 0. The molecule has 6 nitrogen and oxygen atoms in total. The summed E-state index contributed by atoms with van der Waals surface area (Å²) in [6, 6.07) is 12.4. The average molecular weight is 258 g/mol. The second kappa shape index (κ2) is 5.18. The van der Waals surface area contributed by atoms with Crippen LogP contribution in [0.5, 0.6) is 5.75 Å².